The molecule has 2 heteroatoms. The molecule has 2 nitrogen and oxygen atoms in total. The summed E-state index contributed by atoms with van der Waals surface area (Å²) in [5.41, 5.74) is 0.181. The number of hydrogen-bond acceptors (Lipinski definition) is 2. The molecular formula is C17H32O2. The molecule has 0 aromatic heterocycles. The second-order valence-corrected chi connectivity index (χ2v) is 7.56. The van der Waals surface area contributed by atoms with Crippen LogP contribution in [0.3, 0.4) is 0 Å². The van der Waals surface area contributed by atoms with Gasteiger partial charge in [0.25, 0.3) is 0 Å². The van der Waals surface area contributed by atoms with Crippen molar-refractivity contribution < 1.29 is 9.84 Å². The highest BCUT2D eigenvalue weighted by Crippen LogP contribution is 2.45. The van der Waals surface area contributed by atoms with E-state index in [2.05, 4.69) is 20.8 Å². The predicted molar refractivity (Wildman–Crippen MR) is 79.2 cm³/mol. The molecule has 2 saturated carbocycles. The zero-order valence-corrected chi connectivity index (χ0v) is 13.1. The Morgan fingerprint density at radius 1 is 1.11 bits per heavy atom. The van der Waals surface area contributed by atoms with E-state index in [-0.39, 0.29) is 11.7 Å². The average Bonchev–Trinajstić information content (AvgIpc) is 2.85. The van der Waals surface area contributed by atoms with Gasteiger partial charge in [0.2, 0.25) is 0 Å². The van der Waals surface area contributed by atoms with Crippen LogP contribution in [0.25, 0.3) is 0 Å². The SMILES string of the molecule is CCOC1(C(O)CC2CCCC2)CCC(C)(C)CC1. The number of rotatable bonds is 5. The predicted octanol–water partition coefficient (Wildman–Crippen LogP) is 4.30. The molecule has 2 rings (SSSR count). The summed E-state index contributed by atoms with van der Waals surface area (Å²) in [5.74, 6) is 0.738. The first kappa shape index (κ1) is 15.3. The fourth-order valence-electron chi connectivity index (χ4n) is 3.99. The van der Waals surface area contributed by atoms with Gasteiger partial charge in [-0.15, -0.1) is 0 Å². The monoisotopic (exact) mass is 268 g/mol. The van der Waals surface area contributed by atoms with Gasteiger partial charge in [-0.3, -0.25) is 0 Å². The highest BCUT2D eigenvalue weighted by Gasteiger charge is 2.44. The van der Waals surface area contributed by atoms with E-state index in [1.807, 2.05) is 0 Å². The smallest absolute Gasteiger partial charge is 0.0940 e. The number of ether oxygens (including phenoxy) is 1. The summed E-state index contributed by atoms with van der Waals surface area (Å²) in [6, 6.07) is 0. The summed E-state index contributed by atoms with van der Waals surface area (Å²) < 4.78 is 6.09. The van der Waals surface area contributed by atoms with E-state index in [0.29, 0.717) is 5.41 Å². The molecule has 0 aromatic carbocycles. The summed E-state index contributed by atoms with van der Waals surface area (Å²) >= 11 is 0. The molecule has 19 heavy (non-hydrogen) atoms. The third kappa shape index (κ3) is 3.72. The minimum atomic E-state index is -0.258. The van der Waals surface area contributed by atoms with Crippen molar-refractivity contribution in [3.05, 3.63) is 0 Å². The van der Waals surface area contributed by atoms with Gasteiger partial charge in [0.1, 0.15) is 0 Å². The largest absolute Gasteiger partial charge is 0.390 e. The van der Waals surface area contributed by atoms with Crippen molar-refractivity contribution in [2.75, 3.05) is 6.61 Å². The minimum Gasteiger partial charge on any atom is -0.390 e. The van der Waals surface area contributed by atoms with Gasteiger partial charge in [-0.05, 0) is 50.4 Å². The van der Waals surface area contributed by atoms with E-state index in [9.17, 15) is 5.11 Å². The van der Waals surface area contributed by atoms with Gasteiger partial charge in [0, 0.05) is 6.61 Å². The third-order valence-corrected chi connectivity index (χ3v) is 5.52. The highest BCUT2D eigenvalue weighted by molar-refractivity contribution is 4.96. The maximum atomic E-state index is 10.8. The lowest BCUT2D eigenvalue weighted by atomic mass is 9.68. The second kappa shape index (κ2) is 6.13. The summed E-state index contributed by atoms with van der Waals surface area (Å²) in [7, 11) is 0. The van der Waals surface area contributed by atoms with Crippen molar-refractivity contribution in [2.45, 2.75) is 90.3 Å². The van der Waals surface area contributed by atoms with E-state index in [0.717, 1.165) is 31.8 Å². The van der Waals surface area contributed by atoms with Crippen molar-refractivity contribution >= 4 is 0 Å². The Balaban J connectivity index is 1.97. The first-order valence-electron chi connectivity index (χ1n) is 8.29. The van der Waals surface area contributed by atoms with Crippen LogP contribution in [-0.4, -0.2) is 23.4 Å². The Kier molecular flexibility index (Phi) is 4.94. The van der Waals surface area contributed by atoms with Crippen LogP contribution in [0.5, 0.6) is 0 Å². The second-order valence-electron chi connectivity index (χ2n) is 7.56. The van der Waals surface area contributed by atoms with Crippen molar-refractivity contribution in [3.63, 3.8) is 0 Å². The van der Waals surface area contributed by atoms with Crippen LogP contribution in [0.15, 0.2) is 0 Å². The van der Waals surface area contributed by atoms with Gasteiger partial charge in [-0.25, -0.2) is 0 Å². The molecule has 2 fully saturated rings. The Bertz CT molecular complexity index is 269. The van der Waals surface area contributed by atoms with E-state index in [1.54, 1.807) is 0 Å². The van der Waals surface area contributed by atoms with Crippen molar-refractivity contribution in [2.24, 2.45) is 11.3 Å². The molecule has 1 unspecified atom stereocenters. The van der Waals surface area contributed by atoms with Crippen LogP contribution in [0.4, 0.5) is 0 Å². The molecule has 1 atom stereocenters. The molecule has 0 bridgehead atoms. The molecule has 1 N–H and O–H groups in total. The third-order valence-electron chi connectivity index (χ3n) is 5.52. The minimum absolute atomic E-state index is 0.243. The zero-order valence-electron chi connectivity index (χ0n) is 13.1. The lowest BCUT2D eigenvalue weighted by Gasteiger charge is -2.46. The Morgan fingerprint density at radius 2 is 1.68 bits per heavy atom. The Labute approximate surface area is 118 Å². The lowest BCUT2D eigenvalue weighted by Crippen LogP contribution is -2.49. The molecule has 0 radical (unpaired) electrons. The molecule has 112 valence electrons. The molecular weight excluding hydrogens is 236 g/mol. The van der Waals surface area contributed by atoms with Gasteiger partial charge in [0.05, 0.1) is 11.7 Å². The van der Waals surface area contributed by atoms with Crippen LogP contribution in [0.1, 0.15) is 78.6 Å². The molecule has 0 saturated heterocycles. The lowest BCUT2D eigenvalue weighted by molar-refractivity contribution is -0.156. The van der Waals surface area contributed by atoms with Crippen LogP contribution < -0.4 is 0 Å². The molecule has 0 aliphatic heterocycles. The average molecular weight is 268 g/mol. The van der Waals surface area contributed by atoms with E-state index in [4.69, 9.17) is 4.74 Å². The highest BCUT2D eigenvalue weighted by atomic mass is 16.5. The van der Waals surface area contributed by atoms with Gasteiger partial charge in [-0.2, -0.15) is 0 Å². The van der Waals surface area contributed by atoms with E-state index < -0.39 is 0 Å². The molecule has 0 amide bonds. The van der Waals surface area contributed by atoms with Crippen molar-refractivity contribution in [3.8, 4) is 0 Å². The molecule has 0 spiro atoms. The summed E-state index contributed by atoms with van der Waals surface area (Å²) in [6.07, 6.45) is 10.4. The summed E-state index contributed by atoms with van der Waals surface area (Å²) in [6.45, 7) is 7.46. The summed E-state index contributed by atoms with van der Waals surface area (Å²) in [4.78, 5) is 0. The Morgan fingerprint density at radius 3 is 2.21 bits per heavy atom. The van der Waals surface area contributed by atoms with Gasteiger partial charge in [0.15, 0.2) is 0 Å². The molecule has 2 aliphatic rings. The number of aliphatic hydroxyl groups excluding tert-OH is 1. The maximum absolute atomic E-state index is 10.8. The molecule has 2 aliphatic carbocycles. The molecule has 0 aromatic rings. The van der Waals surface area contributed by atoms with Gasteiger partial charge in [-0.1, -0.05) is 39.5 Å². The number of aliphatic hydroxyl groups is 1. The van der Waals surface area contributed by atoms with Crippen LogP contribution in [-0.2, 0) is 4.74 Å². The van der Waals surface area contributed by atoms with E-state index >= 15 is 0 Å². The van der Waals surface area contributed by atoms with Crippen molar-refractivity contribution in [1.82, 2.24) is 0 Å². The quantitative estimate of drug-likeness (QED) is 0.805. The fourth-order valence-corrected chi connectivity index (χ4v) is 3.99. The number of hydrogen-bond donors (Lipinski definition) is 1. The zero-order chi connectivity index (χ0) is 13.9. The fraction of sp³-hybridized carbons (Fsp3) is 1.00. The van der Waals surface area contributed by atoms with Crippen LogP contribution in [0, 0.1) is 11.3 Å². The topological polar surface area (TPSA) is 29.5 Å². The molecule has 0 heterocycles. The maximum Gasteiger partial charge on any atom is 0.0940 e. The first-order valence-corrected chi connectivity index (χ1v) is 8.29. The van der Waals surface area contributed by atoms with E-state index in [1.165, 1.54) is 38.5 Å². The van der Waals surface area contributed by atoms with Crippen LogP contribution in [0.2, 0.25) is 0 Å². The first-order chi connectivity index (χ1) is 8.97. The van der Waals surface area contributed by atoms with Crippen molar-refractivity contribution in [1.29, 1.82) is 0 Å². The van der Waals surface area contributed by atoms with Crippen LogP contribution >= 0.6 is 0 Å². The standard InChI is InChI=1S/C17H32O2/c1-4-19-17(11-9-16(2,3)10-12-17)15(18)13-14-7-5-6-8-14/h14-15,18H,4-13H2,1-3H3. The normalized spacial score (nSPS) is 28.4. The Hall–Kier alpha value is -0.0800. The van der Waals surface area contributed by atoms with Gasteiger partial charge < -0.3 is 9.84 Å². The van der Waals surface area contributed by atoms with Gasteiger partial charge >= 0.3 is 0 Å². The summed E-state index contributed by atoms with van der Waals surface area (Å²) in [5, 5.41) is 10.8.